The first-order valence-corrected chi connectivity index (χ1v) is 9.44. The van der Waals surface area contributed by atoms with E-state index in [4.69, 9.17) is 16.4 Å². The first-order chi connectivity index (χ1) is 13.5. The summed E-state index contributed by atoms with van der Waals surface area (Å²) in [4.78, 5) is 36.7. The second-order valence-electron chi connectivity index (χ2n) is 7.03. The predicted molar refractivity (Wildman–Crippen MR) is 105 cm³/mol. The summed E-state index contributed by atoms with van der Waals surface area (Å²) in [5.41, 5.74) is 0.796. The molecule has 2 amide bonds. The summed E-state index contributed by atoms with van der Waals surface area (Å²) in [6.45, 7) is 1.01. The monoisotopic (exact) mass is 398 g/mol. The van der Waals surface area contributed by atoms with Gasteiger partial charge >= 0.3 is 0 Å². The third kappa shape index (κ3) is 3.84. The fourth-order valence-electron chi connectivity index (χ4n) is 3.58. The first kappa shape index (κ1) is 18.4. The highest BCUT2D eigenvalue weighted by molar-refractivity contribution is 6.43. The van der Waals surface area contributed by atoms with Crippen molar-refractivity contribution < 1.29 is 14.4 Å². The van der Waals surface area contributed by atoms with E-state index in [1.165, 1.54) is 0 Å². The lowest BCUT2D eigenvalue weighted by Crippen LogP contribution is -2.50. The SMILES string of the molecule is O=C(Nc1cccnc1)C1=NOC2(CCCN(C(=O)c3cccc(Cl)c3)C2)C1. The highest BCUT2D eigenvalue weighted by Crippen LogP contribution is 2.34. The summed E-state index contributed by atoms with van der Waals surface area (Å²) < 4.78 is 0. The van der Waals surface area contributed by atoms with E-state index in [1.54, 1.807) is 53.7 Å². The van der Waals surface area contributed by atoms with Crippen molar-refractivity contribution in [3.05, 3.63) is 59.4 Å². The number of likely N-dealkylation sites (tertiary alicyclic amines) is 1. The predicted octanol–water partition coefficient (Wildman–Crippen LogP) is 3.12. The lowest BCUT2D eigenvalue weighted by Gasteiger charge is -2.38. The van der Waals surface area contributed by atoms with Crippen LogP contribution in [0.4, 0.5) is 5.69 Å². The number of oxime groups is 1. The van der Waals surface area contributed by atoms with Gasteiger partial charge in [0.2, 0.25) is 0 Å². The van der Waals surface area contributed by atoms with Crippen molar-refractivity contribution >= 4 is 34.8 Å². The third-order valence-electron chi connectivity index (χ3n) is 4.92. The number of amides is 2. The number of carbonyl (C=O) groups excluding carboxylic acids is 2. The molecule has 2 aliphatic rings. The molecule has 1 saturated heterocycles. The van der Waals surface area contributed by atoms with Crippen LogP contribution >= 0.6 is 11.6 Å². The van der Waals surface area contributed by atoms with Gasteiger partial charge in [0, 0.05) is 29.7 Å². The summed E-state index contributed by atoms with van der Waals surface area (Å²) in [6.07, 6.45) is 5.07. The van der Waals surface area contributed by atoms with Crippen molar-refractivity contribution in [2.45, 2.75) is 24.9 Å². The number of halogens is 1. The second kappa shape index (κ2) is 7.59. The summed E-state index contributed by atoms with van der Waals surface area (Å²) in [5, 5.41) is 7.30. The number of nitrogens with one attached hydrogen (secondary N) is 1. The average molecular weight is 399 g/mol. The zero-order valence-corrected chi connectivity index (χ0v) is 15.9. The maximum absolute atomic E-state index is 12.8. The minimum Gasteiger partial charge on any atom is -0.386 e. The highest BCUT2D eigenvalue weighted by atomic mass is 35.5. The lowest BCUT2D eigenvalue weighted by atomic mass is 9.87. The van der Waals surface area contributed by atoms with Gasteiger partial charge in [0.15, 0.2) is 5.60 Å². The van der Waals surface area contributed by atoms with Gasteiger partial charge in [-0.05, 0) is 43.2 Å². The molecule has 1 atom stereocenters. The molecular formula is C20H19ClN4O3. The lowest BCUT2D eigenvalue weighted by molar-refractivity contribution is -0.110. The molecular weight excluding hydrogens is 380 g/mol. The van der Waals surface area contributed by atoms with Crippen molar-refractivity contribution in [1.29, 1.82) is 0 Å². The fourth-order valence-corrected chi connectivity index (χ4v) is 3.77. The highest BCUT2D eigenvalue weighted by Gasteiger charge is 2.45. The molecule has 0 bridgehead atoms. The van der Waals surface area contributed by atoms with Crippen LogP contribution in [0.1, 0.15) is 29.6 Å². The van der Waals surface area contributed by atoms with E-state index in [0.717, 1.165) is 12.8 Å². The molecule has 1 aromatic carbocycles. The van der Waals surface area contributed by atoms with E-state index in [-0.39, 0.29) is 11.8 Å². The number of pyridine rings is 1. The van der Waals surface area contributed by atoms with Crippen LogP contribution in [0, 0.1) is 0 Å². The van der Waals surface area contributed by atoms with Crippen LogP contribution in [0.2, 0.25) is 5.02 Å². The molecule has 28 heavy (non-hydrogen) atoms. The molecule has 0 saturated carbocycles. The van der Waals surface area contributed by atoms with Crippen LogP contribution in [0.15, 0.2) is 53.9 Å². The van der Waals surface area contributed by atoms with Gasteiger partial charge in [-0.3, -0.25) is 14.6 Å². The zero-order chi connectivity index (χ0) is 19.6. The molecule has 1 aromatic heterocycles. The summed E-state index contributed by atoms with van der Waals surface area (Å²) in [7, 11) is 0. The van der Waals surface area contributed by atoms with E-state index < -0.39 is 5.60 Å². The normalized spacial score (nSPS) is 21.2. The van der Waals surface area contributed by atoms with Crippen molar-refractivity contribution in [3.8, 4) is 0 Å². The van der Waals surface area contributed by atoms with E-state index in [1.807, 2.05) is 0 Å². The largest absolute Gasteiger partial charge is 0.386 e. The molecule has 8 heteroatoms. The van der Waals surface area contributed by atoms with Gasteiger partial charge in [-0.2, -0.15) is 0 Å². The van der Waals surface area contributed by atoms with Crippen LogP contribution in [-0.2, 0) is 9.63 Å². The molecule has 4 rings (SSSR count). The molecule has 1 spiro atoms. The second-order valence-corrected chi connectivity index (χ2v) is 7.46. The van der Waals surface area contributed by atoms with Crippen LogP contribution in [0.5, 0.6) is 0 Å². The van der Waals surface area contributed by atoms with Crippen molar-refractivity contribution in [2.24, 2.45) is 5.16 Å². The molecule has 7 nitrogen and oxygen atoms in total. The van der Waals surface area contributed by atoms with E-state index >= 15 is 0 Å². The van der Waals surface area contributed by atoms with Crippen LogP contribution in [0.3, 0.4) is 0 Å². The Morgan fingerprint density at radius 2 is 2.14 bits per heavy atom. The third-order valence-corrected chi connectivity index (χ3v) is 5.15. The van der Waals surface area contributed by atoms with Crippen LogP contribution < -0.4 is 5.32 Å². The minimum absolute atomic E-state index is 0.0987. The number of hydrogen-bond donors (Lipinski definition) is 1. The molecule has 1 N–H and O–H groups in total. The molecule has 0 aliphatic carbocycles. The number of hydrogen-bond acceptors (Lipinski definition) is 5. The Bertz CT molecular complexity index is 934. The van der Waals surface area contributed by atoms with Crippen LogP contribution in [-0.4, -0.2) is 46.1 Å². The Balaban J connectivity index is 1.42. The minimum atomic E-state index is -0.659. The van der Waals surface area contributed by atoms with Gasteiger partial charge in [-0.25, -0.2) is 0 Å². The molecule has 1 unspecified atom stereocenters. The number of rotatable bonds is 3. The fraction of sp³-hybridized carbons (Fsp3) is 0.300. The standard InChI is InChI=1S/C20H19ClN4O3/c21-15-5-1-4-14(10-15)19(27)25-9-3-7-20(13-25)11-17(24-28-20)18(26)23-16-6-2-8-22-12-16/h1-2,4-6,8,10,12H,3,7,9,11,13H2,(H,23,26). The molecule has 3 heterocycles. The summed E-state index contributed by atoms with van der Waals surface area (Å²) >= 11 is 6.01. The number of carbonyl (C=O) groups is 2. The number of anilines is 1. The van der Waals surface area contributed by atoms with Gasteiger partial charge in [0.05, 0.1) is 18.4 Å². The molecule has 2 aliphatic heterocycles. The van der Waals surface area contributed by atoms with Gasteiger partial charge < -0.3 is 15.1 Å². The Morgan fingerprint density at radius 1 is 1.25 bits per heavy atom. The van der Waals surface area contributed by atoms with Crippen molar-refractivity contribution in [2.75, 3.05) is 18.4 Å². The molecule has 0 radical (unpaired) electrons. The Kier molecular flexibility index (Phi) is 5.00. The van der Waals surface area contributed by atoms with Crippen molar-refractivity contribution in [3.63, 3.8) is 0 Å². The van der Waals surface area contributed by atoms with Gasteiger partial charge in [-0.1, -0.05) is 22.8 Å². The molecule has 2 aromatic rings. The summed E-state index contributed by atoms with van der Waals surface area (Å²) in [6, 6.07) is 10.4. The van der Waals surface area contributed by atoms with E-state index in [0.29, 0.717) is 41.5 Å². The Morgan fingerprint density at radius 3 is 2.93 bits per heavy atom. The van der Waals surface area contributed by atoms with Crippen LogP contribution in [0.25, 0.3) is 0 Å². The molecule has 1 fully saturated rings. The average Bonchev–Trinajstić information content (AvgIpc) is 3.11. The quantitative estimate of drug-likeness (QED) is 0.860. The van der Waals surface area contributed by atoms with E-state index in [9.17, 15) is 9.59 Å². The summed E-state index contributed by atoms with van der Waals surface area (Å²) in [5.74, 6) is -0.415. The van der Waals surface area contributed by atoms with Gasteiger partial charge in [0.1, 0.15) is 5.71 Å². The maximum Gasteiger partial charge on any atom is 0.273 e. The number of benzene rings is 1. The van der Waals surface area contributed by atoms with Gasteiger partial charge in [-0.15, -0.1) is 0 Å². The molecule has 144 valence electrons. The zero-order valence-electron chi connectivity index (χ0n) is 15.1. The maximum atomic E-state index is 12.8. The van der Waals surface area contributed by atoms with E-state index in [2.05, 4.69) is 15.5 Å². The number of aromatic nitrogens is 1. The smallest absolute Gasteiger partial charge is 0.273 e. The topological polar surface area (TPSA) is 83.9 Å². The van der Waals surface area contributed by atoms with Gasteiger partial charge in [0.25, 0.3) is 11.8 Å². The Hall–Kier alpha value is -2.93. The first-order valence-electron chi connectivity index (χ1n) is 9.06. The number of piperidine rings is 1. The van der Waals surface area contributed by atoms with Crippen molar-refractivity contribution in [1.82, 2.24) is 9.88 Å². The number of nitrogens with zero attached hydrogens (tertiary/aromatic N) is 3. The Labute approximate surface area is 167 Å².